The number of carbonyl (C=O) groups is 1. The van der Waals surface area contributed by atoms with Crippen molar-refractivity contribution >= 4 is 5.97 Å². The summed E-state index contributed by atoms with van der Waals surface area (Å²) in [6.07, 6.45) is -0.0581. The second-order valence-corrected chi connectivity index (χ2v) is 4.17. The van der Waals surface area contributed by atoms with E-state index >= 15 is 0 Å². The summed E-state index contributed by atoms with van der Waals surface area (Å²) < 4.78 is 10.9. The maximum absolute atomic E-state index is 11.8. The number of aromatic nitrogens is 1. The molecule has 0 aliphatic carbocycles. The van der Waals surface area contributed by atoms with Gasteiger partial charge < -0.3 is 24.5 Å². The fraction of sp³-hybridized carbons (Fsp3) is 0.214. The van der Waals surface area contributed by atoms with E-state index < -0.39 is 5.97 Å². The van der Waals surface area contributed by atoms with E-state index in [1.165, 1.54) is 26.4 Å². The van der Waals surface area contributed by atoms with Gasteiger partial charge in [-0.15, -0.1) is 4.73 Å². The molecule has 0 saturated carbocycles. The topological polar surface area (TPSA) is 90.2 Å². The van der Waals surface area contributed by atoms with Gasteiger partial charge in [-0.25, -0.2) is 4.79 Å². The highest BCUT2D eigenvalue weighted by atomic mass is 16.7. The van der Waals surface area contributed by atoms with Gasteiger partial charge >= 0.3 is 5.97 Å². The van der Waals surface area contributed by atoms with Crippen LogP contribution in [0.5, 0.6) is 23.3 Å². The number of rotatable bonds is 5. The van der Waals surface area contributed by atoms with Gasteiger partial charge in [0.1, 0.15) is 0 Å². The number of ether oxygens (including phenoxy) is 2. The molecule has 0 saturated heterocycles. The number of nitrogens with zero attached hydrogens (tertiary/aromatic N) is 1. The number of hydrogen-bond acceptors (Lipinski definition) is 6. The second-order valence-electron chi connectivity index (χ2n) is 4.17. The lowest BCUT2D eigenvalue weighted by atomic mass is 10.1. The van der Waals surface area contributed by atoms with Crippen LogP contribution in [-0.2, 0) is 11.2 Å². The van der Waals surface area contributed by atoms with Gasteiger partial charge in [0.2, 0.25) is 11.8 Å². The highest BCUT2D eigenvalue weighted by molar-refractivity contribution is 5.73. The molecule has 112 valence electrons. The number of carbonyl (C=O) groups excluding carboxylic acids is 1. The van der Waals surface area contributed by atoms with Crippen LogP contribution in [0.15, 0.2) is 30.3 Å². The van der Waals surface area contributed by atoms with Crippen molar-refractivity contribution in [1.82, 2.24) is 4.73 Å². The van der Waals surface area contributed by atoms with Gasteiger partial charge in [0.05, 0.1) is 20.6 Å². The lowest BCUT2D eigenvalue weighted by Gasteiger charge is -2.10. The molecule has 2 rings (SSSR count). The molecule has 21 heavy (non-hydrogen) atoms. The van der Waals surface area contributed by atoms with Crippen molar-refractivity contribution in [2.75, 3.05) is 14.2 Å². The van der Waals surface area contributed by atoms with Crippen LogP contribution in [0.3, 0.4) is 0 Å². The molecule has 0 aliphatic heterocycles. The van der Waals surface area contributed by atoms with Crippen molar-refractivity contribution in [1.29, 1.82) is 0 Å². The Kier molecular flexibility index (Phi) is 4.22. The van der Waals surface area contributed by atoms with Crippen LogP contribution in [0.4, 0.5) is 0 Å². The van der Waals surface area contributed by atoms with Crippen LogP contribution in [-0.4, -0.2) is 35.1 Å². The summed E-state index contributed by atoms with van der Waals surface area (Å²) in [4.78, 5) is 16.7. The summed E-state index contributed by atoms with van der Waals surface area (Å²) in [5.74, 6) is -0.338. The molecular weight excluding hydrogens is 278 g/mol. The van der Waals surface area contributed by atoms with Crippen LogP contribution >= 0.6 is 0 Å². The van der Waals surface area contributed by atoms with E-state index in [9.17, 15) is 15.0 Å². The predicted octanol–water partition coefficient (Wildman–Crippen LogP) is 1.11. The lowest BCUT2D eigenvalue weighted by molar-refractivity contribution is -0.144. The molecule has 0 bridgehead atoms. The Balaban J connectivity index is 2.09. The summed E-state index contributed by atoms with van der Waals surface area (Å²) in [7, 11) is 3.01. The van der Waals surface area contributed by atoms with E-state index in [0.717, 1.165) is 0 Å². The number of hydrogen-bond donors (Lipinski definition) is 2. The van der Waals surface area contributed by atoms with Crippen LogP contribution < -0.4 is 14.3 Å². The third-order valence-electron chi connectivity index (χ3n) is 2.79. The van der Waals surface area contributed by atoms with E-state index in [-0.39, 0.29) is 18.2 Å². The van der Waals surface area contributed by atoms with Gasteiger partial charge in [-0.2, -0.15) is 0 Å². The molecule has 0 radical (unpaired) electrons. The van der Waals surface area contributed by atoms with Crippen molar-refractivity contribution in [2.45, 2.75) is 6.42 Å². The van der Waals surface area contributed by atoms with E-state index in [4.69, 9.17) is 14.3 Å². The Morgan fingerprint density at radius 3 is 2.24 bits per heavy atom. The highest BCUT2D eigenvalue weighted by Crippen LogP contribution is 2.27. The summed E-state index contributed by atoms with van der Waals surface area (Å²) in [6.45, 7) is 0. The first-order valence-corrected chi connectivity index (χ1v) is 6.07. The zero-order valence-electron chi connectivity index (χ0n) is 11.6. The van der Waals surface area contributed by atoms with Crippen molar-refractivity contribution < 1.29 is 29.3 Å². The molecular formula is C14H15NO6. The molecule has 1 aromatic heterocycles. The second kappa shape index (κ2) is 6.08. The maximum Gasteiger partial charge on any atom is 0.337 e. The average Bonchev–Trinajstić information content (AvgIpc) is 2.79. The Labute approximate surface area is 120 Å². The first-order chi connectivity index (χ1) is 10.0. The van der Waals surface area contributed by atoms with Crippen LogP contribution in [0, 0.1) is 0 Å². The molecule has 0 amide bonds. The van der Waals surface area contributed by atoms with E-state index in [0.29, 0.717) is 21.8 Å². The van der Waals surface area contributed by atoms with E-state index in [2.05, 4.69) is 0 Å². The van der Waals surface area contributed by atoms with E-state index in [1.807, 2.05) is 0 Å². The minimum absolute atomic E-state index is 0.0581. The van der Waals surface area contributed by atoms with Crippen LogP contribution in [0.1, 0.15) is 5.56 Å². The van der Waals surface area contributed by atoms with Gasteiger partial charge in [0.25, 0.3) is 0 Å². The van der Waals surface area contributed by atoms with Crippen molar-refractivity contribution in [3.63, 3.8) is 0 Å². The molecule has 0 atom stereocenters. The SMILES string of the molecule is COc1ccc(CC(=O)On2c(O)ccc2O)cc1OC. The normalized spacial score (nSPS) is 10.2. The molecule has 7 nitrogen and oxygen atoms in total. The molecule has 2 aromatic rings. The molecule has 0 aliphatic rings. The molecule has 0 unspecified atom stereocenters. The average molecular weight is 293 g/mol. The predicted molar refractivity (Wildman–Crippen MR) is 72.6 cm³/mol. The monoisotopic (exact) mass is 293 g/mol. The lowest BCUT2D eigenvalue weighted by Crippen LogP contribution is -2.20. The number of aromatic hydroxyl groups is 2. The molecule has 1 aromatic carbocycles. The zero-order chi connectivity index (χ0) is 15.4. The summed E-state index contributed by atoms with van der Waals surface area (Å²) in [5, 5.41) is 18.8. The quantitative estimate of drug-likeness (QED) is 0.858. The third kappa shape index (κ3) is 3.19. The van der Waals surface area contributed by atoms with Crippen molar-refractivity contribution in [3.8, 4) is 23.3 Å². The number of methoxy groups -OCH3 is 2. The summed E-state index contributed by atoms with van der Waals surface area (Å²) >= 11 is 0. The third-order valence-corrected chi connectivity index (χ3v) is 2.79. The van der Waals surface area contributed by atoms with Gasteiger partial charge in [-0.3, -0.25) is 0 Å². The van der Waals surface area contributed by atoms with Gasteiger partial charge in [-0.05, 0) is 17.7 Å². The Morgan fingerprint density at radius 2 is 1.67 bits per heavy atom. The Morgan fingerprint density at radius 1 is 1.05 bits per heavy atom. The fourth-order valence-electron chi connectivity index (χ4n) is 1.79. The minimum Gasteiger partial charge on any atom is -0.493 e. The standard InChI is InChI=1S/C14H15NO6/c1-19-10-4-3-9(7-11(10)20-2)8-14(18)21-15-12(16)5-6-13(15)17/h3-7,16-17H,8H2,1-2H3. The fourth-order valence-corrected chi connectivity index (χ4v) is 1.79. The smallest absolute Gasteiger partial charge is 0.337 e. The van der Waals surface area contributed by atoms with Crippen molar-refractivity contribution in [3.05, 3.63) is 35.9 Å². The zero-order valence-corrected chi connectivity index (χ0v) is 11.6. The molecule has 7 heteroatoms. The molecule has 1 heterocycles. The van der Waals surface area contributed by atoms with Gasteiger partial charge in [0, 0.05) is 12.1 Å². The number of benzene rings is 1. The summed E-state index contributed by atoms with van der Waals surface area (Å²) in [6, 6.07) is 7.43. The van der Waals surface area contributed by atoms with Crippen LogP contribution in [0.2, 0.25) is 0 Å². The molecule has 0 spiro atoms. The minimum atomic E-state index is -0.649. The van der Waals surface area contributed by atoms with Crippen LogP contribution in [0.25, 0.3) is 0 Å². The molecule has 0 fully saturated rings. The largest absolute Gasteiger partial charge is 0.493 e. The Bertz CT molecular complexity index is 629. The van der Waals surface area contributed by atoms with Gasteiger partial charge in [-0.1, -0.05) is 6.07 Å². The van der Waals surface area contributed by atoms with E-state index in [1.54, 1.807) is 18.2 Å². The first kappa shape index (κ1) is 14.6. The highest BCUT2D eigenvalue weighted by Gasteiger charge is 2.14. The maximum atomic E-state index is 11.8. The molecule has 2 N–H and O–H groups in total. The first-order valence-electron chi connectivity index (χ1n) is 6.07. The van der Waals surface area contributed by atoms with Crippen molar-refractivity contribution in [2.24, 2.45) is 0 Å². The van der Waals surface area contributed by atoms with Gasteiger partial charge in [0.15, 0.2) is 11.5 Å². The Hall–Kier alpha value is -2.83. The summed E-state index contributed by atoms with van der Waals surface area (Å²) in [5.41, 5.74) is 0.642.